The maximum Gasteiger partial charge on any atom is 0.173 e. The average molecular weight is 373 g/mol. The summed E-state index contributed by atoms with van der Waals surface area (Å²) in [5.41, 5.74) is 2.70. The van der Waals surface area contributed by atoms with Crippen molar-refractivity contribution in [2.75, 3.05) is 14.2 Å². The lowest BCUT2D eigenvalue weighted by Crippen LogP contribution is -1.94. The molecule has 0 unspecified atom stereocenters. The second kappa shape index (κ2) is 9.58. The van der Waals surface area contributed by atoms with Crippen molar-refractivity contribution in [3.05, 3.63) is 46.4 Å². The van der Waals surface area contributed by atoms with Crippen LogP contribution in [-0.2, 0) is 0 Å². The van der Waals surface area contributed by atoms with Crippen LogP contribution in [0.25, 0.3) is 10.1 Å². The largest absolute Gasteiger partial charge is 0.493 e. The van der Waals surface area contributed by atoms with Crippen LogP contribution in [0.4, 0.5) is 0 Å². The third-order valence-corrected chi connectivity index (χ3v) is 5.39. The highest BCUT2D eigenvalue weighted by atomic mass is 32.1. The fourth-order valence-electron chi connectivity index (χ4n) is 2.77. The summed E-state index contributed by atoms with van der Waals surface area (Å²) in [5, 5.41) is 1.02. The van der Waals surface area contributed by atoms with Crippen molar-refractivity contribution in [1.82, 2.24) is 0 Å². The molecule has 0 spiro atoms. The number of Topliss-reactive ketones (excluding diaryl/α,β-unsaturated/α-hetero) is 1. The van der Waals surface area contributed by atoms with Gasteiger partial charge in [-0.3, -0.25) is 4.79 Å². The highest BCUT2D eigenvalue weighted by Gasteiger charge is 2.13. The zero-order valence-corrected chi connectivity index (χ0v) is 17.2. The Balaban J connectivity index is 2.00. The van der Waals surface area contributed by atoms with E-state index in [1.165, 1.54) is 22.5 Å². The van der Waals surface area contributed by atoms with Crippen LogP contribution in [0.2, 0.25) is 0 Å². The minimum Gasteiger partial charge on any atom is -0.493 e. The number of ether oxygens (including phenoxy) is 2. The Bertz CT molecular complexity index is 782. The minimum absolute atomic E-state index is 0.192. The van der Waals surface area contributed by atoms with Crippen LogP contribution >= 0.6 is 11.3 Å². The van der Waals surface area contributed by atoms with Crippen molar-refractivity contribution in [3.8, 4) is 11.5 Å². The van der Waals surface area contributed by atoms with E-state index in [4.69, 9.17) is 9.47 Å². The third kappa shape index (κ3) is 5.46. The van der Waals surface area contributed by atoms with Gasteiger partial charge in [0.25, 0.3) is 0 Å². The Kier molecular flexibility index (Phi) is 7.46. The van der Waals surface area contributed by atoms with E-state index in [1.54, 1.807) is 14.2 Å². The highest BCUT2D eigenvalue weighted by Crippen LogP contribution is 2.36. The molecule has 0 fully saturated rings. The molecule has 0 atom stereocenters. The summed E-state index contributed by atoms with van der Waals surface area (Å²) in [4.78, 5) is 13.3. The monoisotopic (exact) mass is 372 g/mol. The topological polar surface area (TPSA) is 35.5 Å². The van der Waals surface area contributed by atoms with Crippen LogP contribution < -0.4 is 9.47 Å². The number of benzene rings is 1. The molecule has 0 aliphatic rings. The summed E-state index contributed by atoms with van der Waals surface area (Å²) in [6, 6.07) is 5.81. The number of allylic oxidation sites excluding steroid dienone is 4. The van der Waals surface area contributed by atoms with Crippen LogP contribution in [0.15, 0.2) is 41.5 Å². The van der Waals surface area contributed by atoms with Crippen molar-refractivity contribution in [3.63, 3.8) is 0 Å². The van der Waals surface area contributed by atoms with E-state index in [2.05, 4.69) is 32.9 Å². The molecule has 1 aromatic heterocycles. The summed E-state index contributed by atoms with van der Waals surface area (Å²) in [6.07, 6.45) is 7.90. The number of fused-ring (bicyclic) bond motifs is 1. The molecule has 0 saturated carbocycles. The second-order valence-electron chi connectivity index (χ2n) is 6.69. The Morgan fingerprint density at radius 3 is 2.27 bits per heavy atom. The first-order chi connectivity index (χ1) is 12.4. The SMILES string of the molecule is COc1cc2cc(C(=O)CC/C=C(\C)CCC=C(C)C)sc2cc1OC. The predicted octanol–water partition coefficient (Wildman–Crippen LogP) is 6.57. The molecule has 2 aromatic rings. The molecule has 0 amide bonds. The van der Waals surface area contributed by atoms with Gasteiger partial charge in [0.2, 0.25) is 0 Å². The van der Waals surface area contributed by atoms with Crippen molar-refractivity contribution >= 4 is 27.2 Å². The molecule has 0 aliphatic carbocycles. The summed E-state index contributed by atoms with van der Waals surface area (Å²) < 4.78 is 11.7. The molecule has 0 radical (unpaired) electrons. The molecular formula is C22H28O3S. The number of ketones is 1. The van der Waals surface area contributed by atoms with E-state index in [9.17, 15) is 4.79 Å². The van der Waals surface area contributed by atoms with Crippen molar-refractivity contribution in [2.45, 2.75) is 46.5 Å². The summed E-state index contributed by atoms with van der Waals surface area (Å²) in [7, 11) is 3.24. The Labute approximate surface area is 160 Å². The van der Waals surface area contributed by atoms with Crippen LogP contribution in [0.3, 0.4) is 0 Å². The minimum atomic E-state index is 0.192. The smallest absolute Gasteiger partial charge is 0.173 e. The van der Waals surface area contributed by atoms with Crippen LogP contribution in [0.5, 0.6) is 11.5 Å². The van der Waals surface area contributed by atoms with Crippen LogP contribution in [0.1, 0.15) is 56.1 Å². The van der Waals surface area contributed by atoms with Gasteiger partial charge in [-0.2, -0.15) is 0 Å². The van der Waals surface area contributed by atoms with Crippen molar-refractivity contribution < 1.29 is 14.3 Å². The van der Waals surface area contributed by atoms with Gasteiger partial charge in [0.05, 0.1) is 19.1 Å². The molecule has 0 bridgehead atoms. The van der Waals surface area contributed by atoms with Gasteiger partial charge in [-0.05, 0) is 57.6 Å². The van der Waals surface area contributed by atoms with Gasteiger partial charge >= 0.3 is 0 Å². The van der Waals surface area contributed by atoms with E-state index in [0.717, 1.165) is 34.2 Å². The molecule has 4 heteroatoms. The number of methoxy groups -OCH3 is 2. The van der Waals surface area contributed by atoms with Gasteiger partial charge in [-0.15, -0.1) is 11.3 Å². The van der Waals surface area contributed by atoms with Gasteiger partial charge in [-0.1, -0.05) is 23.3 Å². The molecule has 0 saturated heterocycles. The zero-order chi connectivity index (χ0) is 19.1. The highest BCUT2D eigenvalue weighted by molar-refractivity contribution is 7.20. The molecule has 0 aliphatic heterocycles. The average Bonchev–Trinajstić information content (AvgIpc) is 3.02. The quantitative estimate of drug-likeness (QED) is 0.369. The second-order valence-corrected chi connectivity index (χ2v) is 7.77. The number of thiophene rings is 1. The standard InChI is InChI=1S/C22H28O3S/c1-15(2)8-6-9-16(3)10-7-11-18(23)22-13-17-12-19(24-4)20(25-5)14-21(17)26-22/h8,10,12-14H,6-7,9,11H2,1-5H3/b16-10+. The van der Waals surface area contributed by atoms with Crippen LogP contribution in [0, 0.1) is 0 Å². The van der Waals surface area contributed by atoms with E-state index in [1.807, 2.05) is 18.2 Å². The lowest BCUT2D eigenvalue weighted by molar-refractivity contribution is 0.0987. The van der Waals surface area contributed by atoms with E-state index >= 15 is 0 Å². The molecule has 1 aromatic carbocycles. The Hall–Kier alpha value is -2.07. The molecule has 26 heavy (non-hydrogen) atoms. The Morgan fingerprint density at radius 2 is 1.62 bits per heavy atom. The summed E-state index contributed by atoms with van der Waals surface area (Å²) in [5.74, 6) is 1.57. The van der Waals surface area contributed by atoms with Crippen molar-refractivity contribution in [1.29, 1.82) is 0 Å². The number of hydrogen-bond donors (Lipinski definition) is 0. The van der Waals surface area contributed by atoms with Gasteiger partial charge in [-0.25, -0.2) is 0 Å². The Morgan fingerprint density at radius 1 is 0.962 bits per heavy atom. The normalized spacial score (nSPS) is 11.5. The number of carbonyl (C=O) groups excluding carboxylic acids is 1. The molecule has 3 nitrogen and oxygen atoms in total. The maximum atomic E-state index is 12.5. The summed E-state index contributed by atoms with van der Waals surface area (Å²) in [6.45, 7) is 6.38. The maximum absolute atomic E-state index is 12.5. The lowest BCUT2D eigenvalue weighted by atomic mass is 10.1. The van der Waals surface area contributed by atoms with Gasteiger partial charge in [0.15, 0.2) is 17.3 Å². The van der Waals surface area contributed by atoms with Gasteiger partial charge < -0.3 is 9.47 Å². The number of rotatable bonds is 9. The summed E-state index contributed by atoms with van der Waals surface area (Å²) >= 11 is 1.52. The molecular weight excluding hydrogens is 344 g/mol. The molecule has 1 heterocycles. The first-order valence-corrected chi connectivity index (χ1v) is 9.74. The molecule has 0 N–H and O–H groups in total. The van der Waals surface area contributed by atoms with E-state index < -0.39 is 0 Å². The number of carbonyl (C=O) groups is 1. The third-order valence-electron chi connectivity index (χ3n) is 4.25. The molecule has 140 valence electrons. The fourth-order valence-corrected chi connectivity index (χ4v) is 3.81. The lowest BCUT2D eigenvalue weighted by Gasteiger charge is -2.06. The van der Waals surface area contributed by atoms with E-state index in [-0.39, 0.29) is 5.78 Å². The molecule has 2 rings (SSSR count). The van der Waals surface area contributed by atoms with Crippen molar-refractivity contribution in [2.24, 2.45) is 0 Å². The van der Waals surface area contributed by atoms with E-state index in [0.29, 0.717) is 17.9 Å². The van der Waals surface area contributed by atoms with Crippen LogP contribution in [-0.4, -0.2) is 20.0 Å². The fraction of sp³-hybridized carbons (Fsp3) is 0.409. The zero-order valence-electron chi connectivity index (χ0n) is 16.3. The van der Waals surface area contributed by atoms with Gasteiger partial charge in [0.1, 0.15) is 0 Å². The first-order valence-electron chi connectivity index (χ1n) is 8.92. The van der Waals surface area contributed by atoms with Gasteiger partial charge in [0, 0.05) is 17.2 Å². The number of hydrogen-bond acceptors (Lipinski definition) is 4. The predicted molar refractivity (Wildman–Crippen MR) is 111 cm³/mol. The first kappa shape index (κ1) is 20.2.